The molecular weight excluding hydrogens is 208 g/mol. The first-order chi connectivity index (χ1) is 7.92. The van der Waals surface area contributed by atoms with Gasteiger partial charge in [-0.15, -0.1) is 0 Å². The van der Waals surface area contributed by atoms with Gasteiger partial charge in [-0.1, -0.05) is 13.3 Å². The maximum Gasteiger partial charge on any atom is 0.00965 e. The SMILES string of the molecule is CCC1CCN(C(C)CCNC(C)(C)C)CC1. The molecule has 1 aliphatic heterocycles. The van der Waals surface area contributed by atoms with Gasteiger partial charge in [-0.25, -0.2) is 0 Å². The van der Waals surface area contributed by atoms with Crippen molar-refractivity contribution in [3.05, 3.63) is 0 Å². The number of nitrogens with zero attached hydrogens (tertiary/aromatic N) is 1. The predicted octanol–water partition coefficient (Wildman–Crippen LogP) is 3.28. The number of rotatable bonds is 5. The van der Waals surface area contributed by atoms with Crippen molar-refractivity contribution in [1.82, 2.24) is 10.2 Å². The van der Waals surface area contributed by atoms with Crippen molar-refractivity contribution >= 4 is 0 Å². The normalized spacial score (nSPS) is 21.7. The minimum Gasteiger partial charge on any atom is -0.312 e. The van der Waals surface area contributed by atoms with E-state index < -0.39 is 0 Å². The van der Waals surface area contributed by atoms with Gasteiger partial charge in [-0.3, -0.25) is 0 Å². The first-order valence-electron chi connectivity index (χ1n) is 7.41. The summed E-state index contributed by atoms with van der Waals surface area (Å²) in [5.74, 6) is 0.992. The maximum absolute atomic E-state index is 3.59. The van der Waals surface area contributed by atoms with Crippen LogP contribution in [-0.2, 0) is 0 Å². The molecule has 1 rings (SSSR count). The molecule has 0 aromatic rings. The fraction of sp³-hybridized carbons (Fsp3) is 1.00. The predicted molar refractivity (Wildman–Crippen MR) is 76.4 cm³/mol. The smallest absolute Gasteiger partial charge is 0.00965 e. The van der Waals surface area contributed by atoms with Crippen LogP contribution >= 0.6 is 0 Å². The topological polar surface area (TPSA) is 15.3 Å². The van der Waals surface area contributed by atoms with Crippen molar-refractivity contribution in [1.29, 1.82) is 0 Å². The summed E-state index contributed by atoms with van der Waals surface area (Å²) in [6.45, 7) is 15.2. The molecule has 0 spiro atoms. The van der Waals surface area contributed by atoms with E-state index in [-0.39, 0.29) is 5.54 Å². The van der Waals surface area contributed by atoms with Gasteiger partial charge in [0.25, 0.3) is 0 Å². The molecule has 102 valence electrons. The number of hydrogen-bond donors (Lipinski definition) is 1. The summed E-state index contributed by atoms with van der Waals surface area (Å²) in [6, 6.07) is 0.739. The molecule has 0 bridgehead atoms. The second-order valence-corrected chi connectivity index (χ2v) is 6.70. The van der Waals surface area contributed by atoms with Crippen LogP contribution in [0, 0.1) is 5.92 Å². The van der Waals surface area contributed by atoms with Crippen LogP contribution in [0.15, 0.2) is 0 Å². The highest BCUT2D eigenvalue weighted by atomic mass is 15.2. The molecule has 0 aromatic heterocycles. The number of likely N-dealkylation sites (tertiary alicyclic amines) is 1. The van der Waals surface area contributed by atoms with E-state index in [0.29, 0.717) is 0 Å². The van der Waals surface area contributed by atoms with Crippen LogP contribution in [-0.4, -0.2) is 36.1 Å². The summed E-state index contributed by atoms with van der Waals surface area (Å²) in [4.78, 5) is 2.68. The number of nitrogens with one attached hydrogen (secondary N) is 1. The van der Waals surface area contributed by atoms with Crippen molar-refractivity contribution in [3.8, 4) is 0 Å². The standard InChI is InChI=1S/C15H32N2/c1-6-14-8-11-17(12-9-14)13(2)7-10-16-15(3,4)5/h13-14,16H,6-12H2,1-5H3. The third-order valence-corrected chi connectivity index (χ3v) is 4.07. The first-order valence-corrected chi connectivity index (χ1v) is 7.41. The second-order valence-electron chi connectivity index (χ2n) is 6.70. The van der Waals surface area contributed by atoms with Crippen LogP contribution in [0.25, 0.3) is 0 Å². The quantitative estimate of drug-likeness (QED) is 0.793. The van der Waals surface area contributed by atoms with Crippen molar-refractivity contribution in [2.75, 3.05) is 19.6 Å². The Morgan fingerprint density at radius 2 is 1.82 bits per heavy atom. The molecule has 1 heterocycles. The Morgan fingerprint density at radius 3 is 2.29 bits per heavy atom. The molecule has 1 fully saturated rings. The highest BCUT2D eigenvalue weighted by Gasteiger charge is 2.21. The molecular formula is C15H32N2. The minimum atomic E-state index is 0.259. The molecule has 1 aliphatic rings. The van der Waals surface area contributed by atoms with Gasteiger partial charge in [0, 0.05) is 11.6 Å². The Bertz CT molecular complexity index is 199. The zero-order chi connectivity index (χ0) is 12.9. The van der Waals surface area contributed by atoms with Gasteiger partial charge in [-0.05, 0) is 72.5 Å². The minimum absolute atomic E-state index is 0.259. The molecule has 2 heteroatoms. The number of piperidine rings is 1. The van der Waals surface area contributed by atoms with Crippen LogP contribution in [0.1, 0.15) is 60.3 Å². The summed E-state index contributed by atoms with van der Waals surface area (Å²) in [5, 5.41) is 3.59. The average molecular weight is 240 g/mol. The highest BCUT2D eigenvalue weighted by Crippen LogP contribution is 2.22. The Hall–Kier alpha value is -0.0800. The fourth-order valence-electron chi connectivity index (χ4n) is 2.64. The van der Waals surface area contributed by atoms with Gasteiger partial charge in [0.2, 0.25) is 0 Å². The Labute approximate surface area is 108 Å². The third-order valence-electron chi connectivity index (χ3n) is 4.07. The molecule has 0 radical (unpaired) electrons. The zero-order valence-corrected chi connectivity index (χ0v) is 12.6. The lowest BCUT2D eigenvalue weighted by molar-refractivity contribution is 0.132. The molecule has 1 saturated heterocycles. The molecule has 1 unspecified atom stereocenters. The van der Waals surface area contributed by atoms with E-state index in [1.54, 1.807) is 0 Å². The van der Waals surface area contributed by atoms with E-state index in [2.05, 4.69) is 44.8 Å². The molecule has 0 saturated carbocycles. The summed E-state index contributed by atoms with van der Waals surface area (Å²) in [6.07, 6.45) is 5.46. The van der Waals surface area contributed by atoms with Gasteiger partial charge in [-0.2, -0.15) is 0 Å². The summed E-state index contributed by atoms with van der Waals surface area (Å²) in [5.41, 5.74) is 0.259. The molecule has 2 nitrogen and oxygen atoms in total. The molecule has 0 aromatic carbocycles. The van der Waals surface area contributed by atoms with Crippen molar-refractivity contribution in [3.63, 3.8) is 0 Å². The lowest BCUT2D eigenvalue weighted by Crippen LogP contribution is -2.43. The van der Waals surface area contributed by atoms with Crippen LogP contribution in [0.4, 0.5) is 0 Å². The van der Waals surface area contributed by atoms with Gasteiger partial charge < -0.3 is 10.2 Å². The van der Waals surface area contributed by atoms with Crippen molar-refractivity contribution in [2.45, 2.75) is 71.9 Å². The molecule has 17 heavy (non-hydrogen) atoms. The Kier molecular flexibility index (Phi) is 5.94. The molecule has 1 atom stereocenters. The average Bonchev–Trinajstić information content (AvgIpc) is 2.27. The second kappa shape index (κ2) is 6.75. The van der Waals surface area contributed by atoms with Crippen LogP contribution in [0.2, 0.25) is 0 Å². The largest absolute Gasteiger partial charge is 0.312 e. The van der Waals surface area contributed by atoms with Crippen LogP contribution < -0.4 is 5.32 Å². The molecule has 1 N–H and O–H groups in total. The molecule has 0 amide bonds. The summed E-state index contributed by atoms with van der Waals surface area (Å²) < 4.78 is 0. The van der Waals surface area contributed by atoms with Crippen molar-refractivity contribution < 1.29 is 0 Å². The third kappa shape index (κ3) is 5.87. The first kappa shape index (κ1) is 15.0. The van der Waals surface area contributed by atoms with Gasteiger partial charge >= 0.3 is 0 Å². The Morgan fingerprint density at radius 1 is 1.24 bits per heavy atom. The lowest BCUT2D eigenvalue weighted by Gasteiger charge is -2.36. The van der Waals surface area contributed by atoms with E-state index in [1.165, 1.54) is 38.8 Å². The number of hydrogen-bond acceptors (Lipinski definition) is 2. The van der Waals surface area contributed by atoms with Crippen LogP contribution in [0.5, 0.6) is 0 Å². The van der Waals surface area contributed by atoms with E-state index >= 15 is 0 Å². The highest BCUT2D eigenvalue weighted by molar-refractivity contribution is 4.77. The van der Waals surface area contributed by atoms with Gasteiger partial charge in [0.1, 0.15) is 0 Å². The maximum atomic E-state index is 3.59. The summed E-state index contributed by atoms with van der Waals surface area (Å²) >= 11 is 0. The van der Waals surface area contributed by atoms with E-state index in [4.69, 9.17) is 0 Å². The lowest BCUT2D eigenvalue weighted by atomic mass is 9.93. The van der Waals surface area contributed by atoms with E-state index in [9.17, 15) is 0 Å². The zero-order valence-electron chi connectivity index (χ0n) is 12.6. The van der Waals surface area contributed by atoms with E-state index in [0.717, 1.165) is 18.5 Å². The summed E-state index contributed by atoms with van der Waals surface area (Å²) in [7, 11) is 0. The van der Waals surface area contributed by atoms with Gasteiger partial charge in [0.05, 0.1) is 0 Å². The Balaban J connectivity index is 2.18. The monoisotopic (exact) mass is 240 g/mol. The van der Waals surface area contributed by atoms with Crippen molar-refractivity contribution in [2.24, 2.45) is 5.92 Å². The fourth-order valence-corrected chi connectivity index (χ4v) is 2.64. The van der Waals surface area contributed by atoms with E-state index in [1.807, 2.05) is 0 Å². The van der Waals surface area contributed by atoms with Crippen LogP contribution in [0.3, 0.4) is 0 Å². The van der Waals surface area contributed by atoms with Gasteiger partial charge in [0.15, 0.2) is 0 Å². The molecule has 0 aliphatic carbocycles.